The summed E-state index contributed by atoms with van der Waals surface area (Å²) in [6, 6.07) is 4.99. The van der Waals surface area contributed by atoms with Crippen LogP contribution < -0.4 is 10.2 Å². The molecule has 118 valence electrons. The third-order valence-electron chi connectivity index (χ3n) is 4.06. The van der Waals surface area contributed by atoms with Crippen LogP contribution in [0.3, 0.4) is 0 Å². The molecule has 0 spiro atoms. The highest BCUT2D eigenvalue weighted by molar-refractivity contribution is 5.41. The summed E-state index contributed by atoms with van der Waals surface area (Å²) >= 11 is 0. The van der Waals surface area contributed by atoms with E-state index in [1.54, 1.807) is 0 Å². The number of aromatic nitrogens is 1. The molecule has 1 aromatic rings. The molecule has 1 saturated heterocycles. The van der Waals surface area contributed by atoms with Crippen molar-refractivity contribution in [2.24, 2.45) is 5.92 Å². The topological polar surface area (TPSA) is 31.4 Å². The van der Waals surface area contributed by atoms with Crippen LogP contribution in [-0.2, 0) is 6.54 Å². The molecule has 2 rings (SSSR count). The fraction of sp³-hybridized carbons (Fsp3) is 0.706. The first-order valence-corrected chi connectivity index (χ1v) is 8.21. The quantitative estimate of drug-likeness (QED) is 0.871. The van der Waals surface area contributed by atoms with Crippen LogP contribution in [0.5, 0.6) is 0 Å². The van der Waals surface area contributed by atoms with Gasteiger partial charge in [-0.05, 0) is 44.0 Å². The molecule has 0 aromatic carbocycles. The van der Waals surface area contributed by atoms with Gasteiger partial charge in [-0.1, -0.05) is 13.8 Å². The molecule has 1 aliphatic rings. The molecule has 0 radical (unpaired) electrons. The number of rotatable bonds is 6. The van der Waals surface area contributed by atoms with E-state index in [9.17, 15) is 0 Å². The van der Waals surface area contributed by atoms with Gasteiger partial charge in [0, 0.05) is 45.0 Å². The van der Waals surface area contributed by atoms with Crippen molar-refractivity contribution in [2.75, 3.05) is 37.6 Å². The average Bonchev–Trinajstić information content (AvgIpc) is 2.47. The third kappa shape index (κ3) is 4.97. The molecule has 4 nitrogen and oxygen atoms in total. The Hall–Kier alpha value is -1.13. The zero-order valence-electron chi connectivity index (χ0n) is 14.0. The Morgan fingerprint density at radius 2 is 1.86 bits per heavy atom. The Kier molecular flexibility index (Phi) is 6.00. The number of anilines is 1. The van der Waals surface area contributed by atoms with Crippen molar-refractivity contribution < 1.29 is 0 Å². The summed E-state index contributed by atoms with van der Waals surface area (Å²) in [7, 11) is 0. The van der Waals surface area contributed by atoms with Crippen LogP contribution in [0.25, 0.3) is 0 Å². The Morgan fingerprint density at radius 3 is 2.48 bits per heavy atom. The van der Waals surface area contributed by atoms with Crippen LogP contribution in [0.2, 0.25) is 0 Å². The maximum absolute atomic E-state index is 4.56. The lowest BCUT2D eigenvalue weighted by atomic mass is 10.2. The van der Waals surface area contributed by atoms with Gasteiger partial charge in [-0.3, -0.25) is 4.90 Å². The fourth-order valence-electron chi connectivity index (χ4n) is 2.72. The van der Waals surface area contributed by atoms with Crippen molar-refractivity contribution in [1.29, 1.82) is 0 Å². The molecule has 2 heterocycles. The van der Waals surface area contributed by atoms with Crippen molar-refractivity contribution in [3.63, 3.8) is 0 Å². The molecule has 21 heavy (non-hydrogen) atoms. The lowest BCUT2D eigenvalue weighted by Gasteiger charge is -2.37. The first-order valence-electron chi connectivity index (χ1n) is 8.21. The summed E-state index contributed by atoms with van der Waals surface area (Å²) in [5.41, 5.74) is 1.33. The maximum atomic E-state index is 4.56. The number of hydrogen-bond donors (Lipinski definition) is 1. The van der Waals surface area contributed by atoms with E-state index < -0.39 is 0 Å². The SMILES string of the molecule is CC(C)CNCc1ccnc(N2CCN(C(C)C)CC2)c1. The zero-order valence-corrected chi connectivity index (χ0v) is 14.0. The minimum absolute atomic E-state index is 0.645. The lowest BCUT2D eigenvalue weighted by molar-refractivity contribution is 0.209. The Morgan fingerprint density at radius 1 is 1.14 bits per heavy atom. The second-order valence-electron chi connectivity index (χ2n) is 6.66. The molecule has 1 N–H and O–H groups in total. The van der Waals surface area contributed by atoms with E-state index in [1.807, 2.05) is 6.20 Å². The highest BCUT2D eigenvalue weighted by atomic mass is 15.3. The van der Waals surface area contributed by atoms with Crippen LogP contribution in [-0.4, -0.2) is 48.6 Å². The Bertz CT molecular complexity index is 423. The smallest absolute Gasteiger partial charge is 0.128 e. The molecule has 4 heteroatoms. The molecule has 0 atom stereocenters. The molecular formula is C17H30N4. The van der Waals surface area contributed by atoms with Gasteiger partial charge >= 0.3 is 0 Å². The molecule has 0 saturated carbocycles. The second kappa shape index (κ2) is 7.76. The van der Waals surface area contributed by atoms with Gasteiger partial charge in [-0.15, -0.1) is 0 Å². The van der Waals surface area contributed by atoms with Crippen molar-refractivity contribution in [3.05, 3.63) is 23.9 Å². The first-order chi connectivity index (χ1) is 10.1. The van der Waals surface area contributed by atoms with Crippen molar-refractivity contribution in [3.8, 4) is 0 Å². The van der Waals surface area contributed by atoms with Crippen LogP contribution >= 0.6 is 0 Å². The maximum Gasteiger partial charge on any atom is 0.128 e. The Labute approximate surface area is 129 Å². The van der Waals surface area contributed by atoms with E-state index in [0.717, 1.165) is 45.1 Å². The Balaban J connectivity index is 1.89. The molecule has 0 unspecified atom stereocenters. The highest BCUT2D eigenvalue weighted by Crippen LogP contribution is 2.16. The predicted molar refractivity (Wildman–Crippen MR) is 89.7 cm³/mol. The fourth-order valence-corrected chi connectivity index (χ4v) is 2.72. The molecule has 0 amide bonds. The van der Waals surface area contributed by atoms with Crippen LogP contribution in [0.4, 0.5) is 5.82 Å². The van der Waals surface area contributed by atoms with E-state index >= 15 is 0 Å². The van der Waals surface area contributed by atoms with Gasteiger partial charge in [0.25, 0.3) is 0 Å². The average molecular weight is 290 g/mol. The number of nitrogens with zero attached hydrogens (tertiary/aromatic N) is 3. The van der Waals surface area contributed by atoms with Gasteiger partial charge in [-0.25, -0.2) is 4.98 Å². The molecule has 0 aliphatic carbocycles. The number of pyridine rings is 1. The first kappa shape index (κ1) is 16.2. The van der Waals surface area contributed by atoms with Crippen LogP contribution in [0.1, 0.15) is 33.3 Å². The zero-order chi connectivity index (χ0) is 15.2. The van der Waals surface area contributed by atoms with Gasteiger partial charge in [0.15, 0.2) is 0 Å². The number of nitrogens with one attached hydrogen (secondary N) is 1. The molecular weight excluding hydrogens is 260 g/mol. The molecule has 1 aliphatic heterocycles. The monoisotopic (exact) mass is 290 g/mol. The summed E-state index contributed by atoms with van der Waals surface area (Å²) in [5.74, 6) is 1.82. The van der Waals surface area contributed by atoms with Crippen molar-refractivity contribution in [1.82, 2.24) is 15.2 Å². The number of hydrogen-bond acceptors (Lipinski definition) is 4. The number of piperazine rings is 1. The minimum Gasteiger partial charge on any atom is -0.354 e. The third-order valence-corrected chi connectivity index (χ3v) is 4.06. The van der Waals surface area contributed by atoms with Gasteiger partial charge in [0.2, 0.25) is 0 Å². The van der Waals surface area contributed by atoms with Gasteiger partial charge in [-0.2, -0.15) is 0 Å². The normalized spacial score (nSPS) is 17.0. The van der Waals surface area contributed by atoms with E-state index in [4.69, 9.17) is 0 Å². The van der Waals surface area contributed by atoms with Gasteiger partial charge < -0.3 is 10.2 Å². The van der Waals surface area contributed by atoms with Crippen molar-refractivity contribution >= 4 is 5.82 Å². The summed E-state index contributed by atoms with van der Waals surface area (Å²) in [5, 5.41) is 3.50. The van der Waals surface area contributed by atoms with Gasteiger partial charge in [0.05, 0.1) is 0 Å². The summed E-state index contributed by atoms with van der Waals surface area (Å²) in [6.45, 7) is 15.4. The van der Waals surface area contributed by atoms with E-state index in [-0.39, 0.29) is 0 Å². The standard InChI is InChI=1S/C17H30N4/c1-14(2)12-18-13-16-5-6-19-17(11-16)21-9-7-20(8-10-21)15(3)4/h5-6,11,14-15,18H,7-10,12-13H2,1-4H3. The minimum atomic E-state index is 0.645. The van der Waals surface area contributed by atoms with Crippen LogP contribution in [0.15, 0.2) is 18.3 Å². The predicted octanol–water partition coefficient (Wildman–Crippen LogP) is 2.36. The summed E-state index contributed by atoms with van der Waals surface area (Å²) < 4.78 is 0. The van der Waals surface area contributed by atoms with E-state index in [1.165, 1.54) is 5.56 Å². The van der Waals surface area contributed by atoms with Crippen LogP contribution in [0, 0.1) is 5.92 Å². The van der Waals surface area contributed by atoms with E-state index in [2.05, 4.69) is 59.9 Å². The largest absolute Gasteiger partial charge is 0.354 e. The highest BCUT2D eigenvalue weighted by Gasteiger charge is 2.19. The molecule has 1 fully saturated rings. The van der Waals surface area contributed by atoms with Gasteiger partial charge in [0.1, 0.15) is 5.82 Å². The molecule has 0 bridgehead atoms. The van der Waals surface area contributed by atoms with E-state index in [0.29, 0.717) is 12.0 Å². The summed E-state index contributed by atoms with van der Waals surface area (Å²) in [6.07, 6.45) is 1.94. The summed E-state index contributed by atoms with van der Waals surface area (Å²) in [4.78, 5) is 9.50. The second-order valence-corrected chi connectivity index (χ2v) is 6.66. The lowest BCUT2D eigenvalue weighted by Crippen LogP contribution is -2.49. The van der Waals surface area contributed by atoms with Crippen molar-refractivity contribution in [2.45, 2.75) is 40.3 Å². The molecule has 1 aromatic heterocycles.